The predicted octanol–water partition coefficient (Wildman–Crippen LogP) is 4.67. The third-order valence-corrected chi connectivity index (χ3v) is 7.56. The molecule has 0 radical (unpaired) electrons. The zero-order valence-electron chi connectivity index (χ0n) is 15.9. The normalized spacial score (nSPS) is 17.9. The molecule has 0 N–H and O–H groups in total. The van der Waals surface area contributed by atoms with E-state index >= 15 is 0 Å². The maximum atomic E-state index is 13.7. The minimum Gasteiger partial charge on any atom is -0.375 e. The standard InChI is InChI=1S/C23H22ClNO3S/c24-22-12-6-7-13-23(22)29(26,27)25-15-19-10-4-5-11-20(19)16-28-17-21(25)14-18-8-2-1-3-9-18/h1-13,21H,14-17H2. The molecule has 0 fully saturated rings. The highest BCUT2D eigenvalue weighted by atomic mass is 35.5. The second-order valence-electron chi connectivity index (χ2n) is 7.11. The van der Waals surface area contributed by atoms with Crippen LogP contribution in [0.25, 0.3) is 0 Å². The van der Waals surface area contributed by atoms with Crippen LogP contribution in [0.5, 0.6) is 0 Å². The van der Waals surface area contributed by atoms with Crippen LogP contribution in [0.1, 0.15) is 16.7 Å². The Morgan fingerprint density at radius 3 is 2.31 bits per heavy atom. The molecule has 4 rings (SSSR count). The highest BCUT2D eigenvalue weighted by molar-refractivity contribution is 7.89. The smallest absolute Gasteiger partial charge is 0.245 e. The molecule has 0 aliphatic carbocycles. The fraction of sp³-hybridized carbons (Fsp3) is 0.217. The SMILES string of the molecule is O=S(=O)(c1ccccc1Cl)N1Cc2ccccc2COCC1Cc1ccccc1. The van der Waals surface area contributed by atoms with Crippen molar-refractivity contribution < 1.29 is 13.2 Å². The van der Waals surface area contributed by atoms with Crippen LogP contribution in [0.3, 0.4) is 0 Å². The van der Waals surface area contributed by atoms with Crippen molar-refractivity contribution in [3.8, 4) is 0 Å². The van der Waals surface area contributed by atoms with E-state index in [1.807, 2.05) is 54.6 Å². The summed E-state index contributed by atoms with van der Waals surface area (Å²) in [4.78, 5) is 0.123. The van der Waals surface area contributed by atoms with Crippen LogP contribution < -0.4 is 0 Å². The van der Waals surface area contributed by atoms with Crippen LogP contribution in [0, 0.1) is 0 Å². The van der Waals surface area contributed by atoms with Crippen molar-refractivity contribution in [2.24, 2.45) is 0 Å². The van der Waals surface area contributed by atoms with Crippen LogP contribution in [0.4, 0.5) is 0 Å². The van der Waals surface area contributed by atoms with Gasteiger partial charge in [-0.2, -0.15) is 4.31 Å². The maximum Gasteiger partial charge on any atom is 0.245 e. The first-order chi connectivity index (χ1) is 14.1. The first kappa shape index (κ1) is 20.1. The second-order valence-corrected chi connectivity index (χ2v) is 9.37. The lowest BCUT2D eigenvalue weighted by molar-refractivity contribution is 0.0674. The molecule has 6 heteroatoms. The van der Waals surface area contributed by atoms with E-state index in [-0.39, 0.29) is 22.5 Å². The molecule has 150 valence electrons. The number of rotatable bonds is 4. The minimum absolute atomic E-state index is 0.123. The molecule has 0 saturated carbocycles. The predicted molar refractivity (Wildman–Crippen MR) is 114 cm³/mol. The molecular formula is C23H22ClNO3S. The maximum absolute atomic E-state index is 13.7. The summed E-state index contributed by atoms with van der Waals surface area (Å²) >= 11 is 6.27. The lowest BCUT2D eigenvalue weighted by atomic mass is 10.0. The van der Waals surface area contributed by atoms with Crippen molar-refractivity contribution in [3.63, 3.8) is 0 Å². The van der Waals surface area contributed by atoms with Gasteiger partial charge in [-0.05, 0) is 35.2 Å². The van der Waals surface area contributed by atoms with Crippen molar-refractivity contribution in [1.29, 1.82) is 0 Å². The Bertz CT molecular complexity index is 1090. The lowest BCUT2D eigenvalue weighted by Gasteiger charge is -2.33. The van der Waals surface area contributed by atoms with Gasteiger partial charge in [0.1, 0.15) is 4.90 Å². The van der Waals surface area contributed by atoms with E-state index in [4.69, 9.17) is 16.3 Å². The summed E-state index contributed by atoms with van der Waals surface area (Å²) in [5.41, 5.74) is 3.01. The molecule has 1 unspecified atom stereocenters. The molecule has 0 amide bonds. The zero-order valence-corrected chi connectivity index (χ0v) is 17.4. The number of hydrogen-bond donors (Lipinski definition) is 0. The summed E-state index contributed by atoms with van der Waals surface area (Å²) in [7, 11) is -3.82. The Morgan fingerprint density at radius 2 is 1.55 bits per heavy atom. The quantitative estimate of drug-likeness (QED) is 0.607. The Labute approximate surface area is 176 Å². The van der Waals surface area contributed by atoms with Gasteiger partial charge in [-0.25, -0.2) is 8.42 Å². The van der Waals surface area contributed by atoms with Gasteiger partial charge in [0.25, 0.3) is 0 Å². The van der Waals surface area contributed by atoms with Gasteiger partial charge in [0.05, 0.1) is 24.3 Å². The first-order valence-corrected chi connectivity index (χ1v) is 11.3. The first-order valence-electron chi connectivity index (χ1n) is 9.50. The summed E-state index contributed by atoms with van der Waals surface area (Å²) in [6.07, 6.45) is 0.562. The number of halogens is 1. The molecule has 1 aliphatic heterocycles. The molecule has 4 nitrogen and oxygen atoms in total. The van der Waals surface area contributed by atoms with Crippen LogP contribution in [-0.2, 0) is 34.3 Å². The van der Waals surface area contributed by atoms with Gasteiger partial charge < -0.3 is 4.74 Å². The van der Waals surface area contributed by atoms with Crippen molar-refractivity contribution in [2.75, 3.05) is 6.61 Å². The molecule has 0 bridgehead atoms. The van der Waals surface area contributed by atoms with Gasteiger partial charge in [-0.1, -0.05) is 78.3 Å². The summed E-state index contributed by atoms with van der Waals surface area (Å²) in [6.45, 7) is 1.07. The molecule has 3 aromatic rings. The molecule has 3 aromatic carbocycles. The Balaban J connectivity index is 1.78. The molecule has 1 heterocycles. The van der Waals surface area contributed by atoms with Crippen molar-refractivity contribution in [3.05, 3.63) is 101 Å². The molecule has 29 heavy (non-hydrogen) atoms. The highest BCUT2D eigenvalue weighted by Crippen LogP contribution is 2.30. The van der Waals surface area contributed by atoms with Crippen molar-refractivity contribution >= 4 is 21.6 Å². The van der Waals surface area contributed by atoms with Crippen LogP contribution in [0.2, 0.25) is 5.02 Å². The average molecular weight is 428 g/mol. The number of sulfonamides is 1. The van der Waals surface area contributed by atoms with Crippen LogP contribution >= 0.6 is 11.6 Å². The van der Waals surface area contributed by atoms with E-state index < -0.39 is 10.0 Å². The number of ether oxygens (including phenoxy) is 1. The van der Waals surface area contributed by atoms with Gasteiger partial charge in [-0.3, -0.25) is 0 Å². The minimum atomic E-state index is -3.82. The summed E-state index contributed by atoms with van der Waals surface area (Å²) < 4.78 is 34.8. The molecule has 0 spiro atoms. The Hall–Kier alpha value is -2.18. The third-order valence-electron chi connectivity index (χ3n) is 5.16. The van der Waals surface area contributed by atoms with Gasteiger partial charge in [0.2, 0.25) is 10.0 Å². The van der Waals surface area contributed by atoms with Gasteiger partial charge in [0, 0.05) is 6.54 Å². The van der Waals surface area contributed by atoms with E-state index in [2.05, 4.69) is 0 Å². The zero-order chi connectivity index (χ0) is 20.3. The average Bonchev–Trinajstić information content (AvgIpc) is 2.71. The van der Waals surface area contributed by atoms with E-state index in [0.717, 1.165) is 16.7 Å². The molecule has 1 aliphatic rings. The molecular weight excluding hydrogens is 406 g/mol. The van der Waals surface area contributed by atoms with Crippen molar-refractivity contribution in [1.82, 2.24) is 4.31 Å². The van der Waals surface area contributed by atoms with Crippen LogP contribution in [0.15, 0.2) is 83.8 Å². The van der Waals surface area contributed by atoms with Gasteiger partial charge in [-0.15, -0.1) is 0 Å². The largest absolute Gasteiger partial charge is 0.375 e. The number of nitrogens with zero attached hydrogens (tertiary/aromatic N) is 1. The van der Waals surface area contributed by atoms with E-state index in [1.54, 1.807) is 28.6 Å². The molecule has 0 aromatic heterocycles. The fourth-order valence-electron chi connectivity index (χ4n) is 3.65. The summed E-state index contributed by atoms with van der Waals surface area (Å²) in [5.74, 6) is 0. The third kappa shape index (κ3) is 4.38. The molecule has 1 atom stereocenters. The number of hydrogen-bond acceptors (Lipinski definition) is 3. The summed E-state index contributed by atoms with van der Waals surface area (Å²) in [6, 6.07) is 23.9. The van der Waals surface area contributed by atoms with Crippen molar-refractivity contribution in [2.45, 2.75) is 30.5 Å². The summed E-state index contributed by atoms with van der Waals surface area (Å²) in [5, 5.41) is 0.224. The Morgan fingerprint density at radius 1 is 0.897 bits per heavy atom. The lowest BCUT2D eigenvalue weighted by Crippen LogP contribution is -2.45. The van der Waals surface area contributed by atoms with Gasteiger partial charge >= 0.3 is 0 Å². The van der Waals surface area contributed by atoms with E-state index in [1.165, 1.54) is 0 Å². The number of fused-ring (bicyclic) bond motifs is 1. The monoisotopic (exact) mass is 427 g/mol. The Kier molecular flexibility index (Phi) is 6.01. The van der Waals surface area contributed by atoms with E-state index in [9.17, 15) is 8.42 Å². The van der Waals surface area contributed by atoms with E-state index in [0.29, 0.717) is 19.6 Å². The highest BCUT2D eigenvalue weighted by Gasteiger charge is 2.34. The molecule has 0 saturated heterocycles. The van der Waals surface area contributed by atoms with Gasteiger partial charge in [0.15, 0.2) is 0 Å². The van der Waals surface area contributed by atoms with Crippen LogP contribution in [-0.4, -0.2) is 25.4 Å². The topological polar surface area (TPSA) is 46.6 Å². The second kappa shape index (κ2) is 8.67. The fourth-order valence-corrected chi connectivity index (χ4v) is 5.73. The number of benzene rings is 3.